The first kappa shape index (κ1) is 17.4. The second kappa shape index (κ2) is 7.72. The maximum absolute atomic E-state index is 13.6. The zero-order chi connectivity index (χ0) is 18.6. The molecule has 6 heteroatoms. The molecule has 0 fully saturated rings. The molecule has 2 aromatic carbocycles. The SMILES string of the molecule is O=C(Cc1csc2nc(-c3ccccc3)cn12)NCCc1ccccc1F. The molecular weight excluding hydrogens is 361 g/mol. The summed E-state index contributed by atoms with van der Waals surface area (Å²) in [7, 11) is 0. The number of aromatic nitrogens is 2. The first-order valence-corrected chi connectivity index (χ1v) is 9.59. The van der Waals surface area contributed by atoms with Gasteiger partial charge in [0.15, 0.2) is 4.96 Å². The summed E-state index contributed by atoms with van der Waals surface area (Å²) in [6.07, 6.45) is 2.70. The topological polar surface area (TPSA) is 46.4 Å². The monoisotopic (exact) mass is 379 g/mol. The summed E-state index contributed by atoms with van der Waals surface area (Å²) in [6.45, 7) is 0.409. The molecule has 0 saturated carbocycles. The molecule has 2 heterocycles. The highest BCUT2D eigenvalue weighted by Gasteiger charge is 2.12. The lowest BCUT2D eigenvalue weighted by atomic mass is 10.1. The molecule has 0 saturated heterocycles. The third-order valence-electron chi connectivity index (χ3n) is 4.37. The van der Waals surface area contributed by atoms with Crippen LogP contribution in [0, 0.1) is 5.82 Å². The summed E-state index contributed by atoms with van der Waals surface area (Å²) in [5.74, 6) is -0.320. The Morgan fingerprint density at radius 1 is 1.11 bits per heavy atom. The number of carbonyl (C=O) groups excluding carboxylic acids is 1. The van der Waals surface area contributed by atoms with Crippen LogP contribution in [-0.2, 0) is 17.6 Å². The van der Waals surface area contributed by atoms with Crippen molar-refractivity contribution in [3.63, 3.8) is 0 Å². The van der Waals surface area contributed by atoms with Crippen molar-refractivity contribution < 1.29 is 9.18 Å². The van der Waals surface area contributed by atoms with Crippen molar-refractivity contribution in [2.24, 2.45) is 0 Å². The fourth-order valence-corrected chi connectivity index (χ4v) is 3.84. The lowest BCUT2D eigenvalue weighted by Crippen LogP contribution is -2.27. The van der Waals surface area contributed by atoms with Gasteiger partial charge in [-0.2, -0.15) is 0 Å². The van der Waals surface area contributed by atoms with Crippen molar-refractivity contribution in [1.29, 1.82) is 0 Å². The van der Waals surface area contributed by atoms with Crippen LogP contribution in [0.5, 0.6) is 0 Å². The highest BCUT2D eigenvalue weighted by atomic mass is 32.1. The van der Waals surface area contributed by atoms with E-state index in [4.69, 9.17) is 0 Å². The fraction of sp³-hybridized carbons (Fsp3) is 0.143. The van der Waals surface area contributed by atoms with Crippen LogP contribution >= 0.6 is 11.3 Å². The van der Waals surface area contributed by atoms with Crippen LogP contribution in [0.1, 0.15) is 11.3 Å². The highest BCUT2D eigenvalue weighted by Crippen LogP contribution is 2.23. The summed E-state index contributed by atoms with van der Waals surface area (Å²) in [6, 6.07) is 16.6. The van der Waals surface area contributed by atoms with Crippen LogP contribution in [-0.4, -0.2) is 21.8 Å². The summed E-state index contributed by atoms with van der Waals surface area (Å²) in [5.41, 5.74) is 3.45. The Kier molecular flexibility index (Phi) is 4.98. The number of imidazole rings is 1. The minimum absolute atomic E-state index is 0.0824. The molecule has 0 aliphatic heterocycles. The molecular formula is C21H18FN3OS. The average molecular weight is 379 g/mol. The number of benzene rings is 2. The van der Waals surface area contributed by atoms with Gasteiger partial charge in [0.2, 0.25) is 5.91 Å². The lowest BCUT2D eigenvalue weighted by Gasteiger charge is -2.06. The van der Waals surface area contributed by atoms with Crippen LogP contribution < -0.4 is 5.32 Å². The number of carbonyl (C=O) groups is 1. The number of hydrogen-bond donors (Lipinski definition) is 1. The summed E-state index contributed by atoms with van der Waals surface area (Å²) in [5, 5.41) is 4.82. The molecule has 136 valence electrons. The number of fused-ring (bicyclic) bond motifs is 1. The minimum Gasteiger partial charge on any atom is -0.355 e. The molecule has 0 atom stereocenters. The molecule has 0 radical (unpaired) electrons. The fourth-order valence-electron chi connectivity index (χ4n) is 2.97. The molecule has 0 aliphatic rings. The summed E-state index contributed by atoms with van der Waals surface area (Å²) >= 11 is 1.52. The minimum atomic E-state index is -0.238. The molecule has 0 spiro atoms. The Labute approximate surface area is 160 Å². The maximum Gasteiger partial charge on any atom is 0.225 e. The lowest BCUT2D eigenvalue weighted by molar-refractivity contribution is -0.120. The Balaban J connectivity index is 1.40. The smallest absolute Gasteiger partial charge is 0.225 e. The number of rotatable bonds is 6. The van der Waals surface area contributed by atoms with E-state index in [-0.39, 0.29) is 18.1 Å². The number of halogens is 1. The van der Waals surface area contributed by atoms with E-state index in [2.05, 4.69) is 10.3 Å². The molecule has 4 aromatic rings. The predicted octanol–water partition coefficient (Wildman–Crippen LogP) is 4.10. The Morgan fingerprint density at radius 3 is 2.70 bits per heavy atom. The van der Waals surface area contributed by atoms with Crippen molar-refractivity contribution in [3.05, 3.63) is 83.2 Å². The molecule has 0 aliphatic carbocycles. The van der Waals surface area contributed by atoms with Gasteiger partial charge in [-0.3, -0.25) is 9.20 Å². The van der Waals surface area contributed by atoms with Crippen molar-refractivity contribution in [3.8, 4) is 11.3 Å². The van der Waals surface area contributed by atoms with Crippen molar-refractivity contribution in [2.45, 2.75) is 12.8 Å². The summed E-state index contributed by atoms with van der Waals surface area (Å²) in [4.78, 5) is 17.8. The number of nitrogens with zero attached hydrogens (tertiary/aromatic N) is 2. The zero-order valence-electron chi connectivity index (χ0n) is 14.6. The van der Waals surface area contributed by atoms with Gasteiger partial charge in [-0.15, -0.1) is 11.3 Å². The third kappa shape index (κ3) is 3.90. The van der Waals surface area contributed by atoms with Crippen molar-refractivity contribution >= 4 is 22.2 Å². The van der Waals surface area contributed by atoms with Crippen LogP contribution in [0.25, 0.3) is 16.2 Å². The number of amides is 1. The summed E-state index contributed by atoms with van der Waals surface area (Å²) < 4.78 is 15.6. The quantitative estimate of drug-likeness (QED) is 0.548. The van der Waals surface area contributed by atoms with Crippen molar-refractivity contribution in [1.82, 2.24) is 14.7 Å². The number of hydrogen-bond acceptors (Lipinski definition) is 3. The van der Waals surface area contributed by atoms with E-state index < -0.39 is 0 Å². The Hall–Kier alpha value is -2.99. The second-order valence-corrected chi connectivity index (χ2v) is 7.08. The van der Waals surface area contributed by atoms with E-state index in [0.29, 0.717) is 18.5 Å². The second-order valence-electron chi connectivity index (χ2n) is 6.24. The molecule has 0 bridgehead atoms. The van der Waals surface area contributed by atoms with Crippen LogP contribution in [0.3, 0.4) is 0 Å². The van der Waals surface area contributed by atoms with Gasteiger partial charge in [0.1, 0.15) is 5.82 Å². The van der Waals surface area contributed by atoms with Gasteiger partial charge in [-0.25, -0.2) is 9.37 Å². The molecule has 2 aromatic heterocycles. The normalized spacial score (nSPS) is 11.0. The number of nitrogens with one attached hydrogen (secondary N) is 1. The molecule has 4 nitrogen and oxygen atoms in total. The van der Waals surface area contributed by atoms with Gasteiger partial charge in [0, 0.05) is 29.4 Å². The van der Waals surface area contributed by atoms with E-state index in [1.807, 2.05) is 46.3 Å². The first-order chi connectivity index (χ1) is 13.2. The Bertz CT molecular complexity index is 1070. The van der Waals surface area contributed by atoms with E-state index in [1.165, 1.54) is 17.4 Å². The zero-order valence-corrected chi connectivity index (χ0v) is 15.4. The van der Waals surface area contributed by atoms with Gasteiger partial charge >= 0.3 is 0 Å². The Morgan fingerprint density at radius 2 is 1.89 bits per heavy atom. The van der Waals surface area contributed by atoms with Crippen LogP contribution in [0.2, 0.25) is 0 Å². The molecule has 1 N–H and O–H groups in total. The van der Waals surface area contributed by atoms with Gasteiger partial charge in [-0.1, -0.05) is 48.5 Å². The van der Waals surface area contributed by atoms with Gasteiger partial charge < -0.3 is 5.32 Å². The van der Waals surface area contributed by atoms with E-state index in [0.717, 1.165) is 21.9 Å². The highest BCUT2D eigenvalue weighted by molar-refractivity contribution is 7.15. The van der Waals surface area contributed by atoms with E-state index in [1.54, 1.807) is 18.2 Å². The van der Waals surface area contributed by atoms with Crippen LogP contribution in [0.4, 0.5) is 4.39 Å². The first-order valence-electron chi connectivity index (χ1n) is 8.72. The average Bonchev–Trinajstić information content (AvgIpc) is 3.26. The number of thiazole rings is 1. The molecule has 0 unspecified atom stereocenters. The predicted molar refractivity (Wildman–Crippen MR) is 105 cm³/mol. The van der Waals surface area contributed by atoms with Crippen LogP contribution in [0.15, 0.2) is 66.2 Å². The molecule has 27 heavy (non-hydrogen) atoms. The van der Waals surface area contributed by atoms with Gasteiger partial charge in [-0.05, 0) is 18.1 Å². The van der Waals surface area contributed by atoms with Gasteiger partial charge in [0.25, 0.3) is 0 Å². The van der Waals surface area contributed by atoms with Crippen molar-refractivity contribution in [2.75, 3.05) is 6.54 Å². The molecule has 1 amide bonds. The molecule has 4 rings (SSSR count). The standard InChI is InChI=1S/C21H18FN3OS/c22-18-9-5-4-6-15(18)10-11-23-20(26)12-17-14-27-21-24-19(13-25(17)21)16-7-2-1-3-8-16/h1-9,13-14H,10-12H2,(H,23,26). The maximum atomic E-state index is 13.6. The van der Waals surface area contributed by atoms with E-state index >= 15 is 0 Å². The largest absolute Gasteiger partial charge is 0.355 e. The van der Waals surface area contributed by atoms with Gasteiger partial charge in [0.05, 0.1) is 12.1 Å². The van der Waals surface area contributed by atoms with E-state index in [9.17, 15) is 9.18 Å². The third-order valence-corrected chi connectivity index (χ3v) is 5.26.